The van der Waals surface area contributed by atoms with Crippen molar-refractivity contribution in [1.29, 1.82) is 0 Å². The Kier molecular flexibility index (Phi) is 8.45. The largest absolute Gasteiger partial charge is 0.394 e. The molecule has 2 amide bonds. The van der Waals surface area contributed by atoms with E-state index in [1.807, 2.05) is 18.7 Å². The Hall–Kier alpha value is -3.46. The van der Waals surface area contributed by atoms with E-state index in [0.29, 0.717) is 25.3 Å². The van der Waals surface area contributed by atoms with Gasteiger partial charge in [-0.25, -0.2) is 14.7 Å². The van der Waals surface area contributed by atoms with Gasteiger partial charge in [-0.15, -0.1) is 0 Å². The number of alkyl halides is 3. The number of nitrogens with one attached hydrogen (secondary N) is 2. The van der Waals surface area contributed by atoms with Crippen molar-refractivity contribution in [2.75, 3.05) is 41.4 Å². The van der Waals surface area contributed by atoms with Gasteiger partial charge in [0, 0.05) is 38.2 Å². The first-order valence-corrected chi connectivity index (χ1v) is 17.2. The quantitative estimate of drug-likeness (QED) is 0.424. The summed E-state index contributed by atoms with van der Waals surface area (Å²) in [5, 5.41) is 2.87. The van der Waals surface area contributed by atoms with Gasteiger partial charge in [0.1, 0.15) is 23.6 Å². The van der Waals surface area contributed by atoms with E-state index in [1.54, 1.807) is 12.1 Å². The molecular weight excluding hydrogens is 625 g/mol. The molecule has 0 radical (unpaired) electrons. The summed E-state index contributed by atoms with van der Waals surface area (Å²) in [7, 11) is -4.32. The van der Waals surface area contributed by atoms with E-state index in [9.17, 15) is 31.2 Å². The highest BCUT2D eigenvalue weighted by atomic mass is 32.2. The summed E-state index contributed by atoms with van der Waals surface area (Å²) in [6.45, 7) is 5.61. The fourth-order valence-electron chi connectivity index (χ4n) is 6.92. The number of ether oxygens (including phenoxy) is 1. The fraction of sp³-hybridized carbons (Fsp3) is 0.613. The van der Waals surface area contributed by atoms with Crippen LogP contribution < -0.4 is 19.8 Å². The molecule has 4 aliphatic rings. The molecule has 2 aromatic heterocycles. The Morgan fingerprint density at radius 2 is 1.87 bits per heavy atom. The Balaban J connectivity index is 1.24. The van der Waals surface area contributed by atoms with E-state index >= 15 is 0 Å². The summed E-state index contributed by atoms with van der Waals surface area (Å²) < 4.78 is 74.1. The van der Waals surface area contributed by atoms with Gasteiger partial charge in [0.05, 0.1) is 11.0 Å². The zero-order valence-corrected chi connectivity index (χ0v) is 26.7. The van der Waals surface area contributed by atoms with Crippen LogP contribution in [0.1, 0.15) is 75.6 Å². The van der Waals surface area contributed by atoms with Crippen molar-refractivity contribution in [3.8, 4) is 0 Å². The zero-order chi connectivity index (χ0) is 32.9. The highest BCUT2D eigenvalue weighted by Gasteiger charge is 2.62. The maximum atomic E-state index is 13.6. The first-order chi connectivity index (χ1) is 21.7. The third kappa shape index (κ3) is 6.40. The first-order valence-electron chi connectivity index (χ1n) is 15.8. The van der Waals surface area contributed by atoms with Gasteiger partial charge in [-0.3, -0.25) is 14.5 Å². The number of halogens is 3. The monoisotopic (exact) mass is 664 g/mol. The summed E-state index contributed by atoms with van der Waals surface area (Å²) >= 11 is 0. The standard InChI is InChI=1S/C31H39F3N6O5S/c1-29(2)18-20-6-4-15-35-23-7-3-8-25(36-23)46(43,44)38-27(41)21-9-10-24(37-26(21)40(29)19-20)39-16-11-22(28(39)42)45-17-5-12-30(13-14-30)31(32,33)34/h3,7-10,20,22H,4-6,11-19H2,1-2H3,(H,35,36)(H,38,41)/t20-,22-/m0/s1. The van der Waals surface area contributed by atoms with Gasteiger partial charge in [0.25, 0.3) is 21.8 Å². The predicted molar refractivity (Wildman–Crippen MR) is 164 cm³/mol. The third-order valence-electron chi connectivity index (χ3n) is 9.65. The normalized spacial score (nSPS) is 25.2. The summed E-state index contributed by atoms with van der Waals surface area (Å²) in [6.07, 6.45) is -1.69. The zero-order valence-electron chi connectivity index (χ0n) is 25.9. The van der Waals surface area contributed by atoms with Crippen molar-refractivity contribution < 1.29 is 35.9 Å². The summed E-state index contributed by atoms with van der Waals surface area (Å²) in [5.74, 6) is 0.0116. The smallest absolute Gasteiger partial charge is 0.370 e. The first kappa shape index (κ1) is 32.5. The van der Waals surface area contributed by atoms with E-state index in [-0.39, 0.29) is 72.9 Å². The van der Waals surface area contributed by atoms with Crippen molar-refractivity contribution in [3.05, 3.63) is 35.9 Å². The molecule has 2 N–H and O–H groups in total. The average Bonchev–Trinajstić information content (AvgIpc) is 3.62. The number of anilines is 3. The van der Waals surface area contributed by atoms with Crippen molar-refractivity contribution in [1.82, 2.24) is 14.7 Å². The van der Waals surface area contributed by atoms with Crippen molar-refractivity contribution in [3.63, 3.8) is 0 Å². The molecule has 2 aromatic rings. The Morgan fingerprint density at radius 3 is 2.61 bits per heavy atom. The number of aromatic nitrogens is 2. The number of hydrogen-bond acceptors (Lipinski definition) is 9. The van der Waals surface area contributed by atoms with Gasteiger partial charge in [0.2, 0.25) is 0 Å². The number of amides is 2. The van der Waals surface area contributed by atoms with Crippen molar-refractivity contribution >= 4 is 39.3 Å². The van der Waals surface area contributed by atoms with Crippen LogP contribution in [0.3, 0.4) is 0 Å². The Labute approximate surface area is 266 Å². The maximum Gasteiger partial charge on any atom is 0.394 e. The molecule has 1 saturated carbocycles. The molecule has 6 rings (SSSR count). The topological polar surface area (TPSA) is 134 Å². The molecule has 0 unspecified atom stereocenters. The highest BCUT2D eigenvalue weighted by molar-refractivity contribution is 7.90. The van der Waals surface area contributed by atoms with E-state index < -0.39 is 39.2 Å². The van der Waals surface area contributed by atoms with Gasteiger partial charge in [-0.1, -0.05) is 6.07 Å². The SMILES string of the molecule is CC1(C)C[C@@H]2CCCNc3cccc(n3)S(=O)(=O)NC(=O)c3ccc(N4CC[C@H](OCCCC5(C(F)(F)F)CC5)C4=O)nc3N1C2. The number of fused-ring (bicyclic) bond motifs is 6. The lowest BCUT2D eigenvalue weighted by molar-refractivity contribution is -0.190. The van der Waals surface area contributed by atoms with Gasteiger partial charge >= 0.3 is 6.18 Å². The lowest BCUT2D eigenvalue weighted by Gasteiger charge is -2.34. The van der Waals surface area contributed by atoms with Crippen LogP contribution >= 0.6 is 0 Å². The number of pyridine rings is 2. The second-order valence-corrected chi connectivity index (χ2v) is 15.0. The fourth-order valence-corrected chi connectivity index (χ4v) is 7.86. The maximum absolute atomic E-state index is 13.6. The minimum Gasteiger partial charge on any atom is -0.370 e. The predicted octanol–water partition coefficient (Wildman–Crippen LogP) is 4.65. The van der Waals surface area contributed by atoms with Crippen molar-refractivity contribution in [2.24, 2.45) is 11.3 Å². The molecule has 1 aliphatic carbocycles. The van der Waals surface area contributed by atoms with Gasteiger partial charge in [0.15, 0.2) is 5.03 Å². The molecular formula is C31H39F3N6O5S. The van der Waals surface area contributed by atoms with Crippen LogP contribution in [0.5, 0.6) is 0 Å². The molecule has 0 aromatic carbocycles. The summed E-state index contributed by atoms with van der Waals surface area (Å²) in [4.78, 5) is 39.4. The van der Waals surface area contributed by atoms with Gasteiger partial charge < -0.3 is 15.0 Å². The number of carbonyl (C=O) groups excluding carboxylic acids is 2. The average molecular weight is 665 g/mol. The van der Waals surface area contributed by atoms with Crippen LogP contribution in [-0.4, -0.2) is 74.3 Å². The third-order valence-corrected chi connectivity index (χ3v) is 10.9. The van der Waals surface area contributed by atoms with Crippen LogP contribution in [0.4, 0.5) is 30.6 Å². The molecule has 2 atom stereocenters. The van der Waals surface area contributed by atoms with Gasteiger partial charge in [-0.2, -0.15) is 21.6 Å². The van der Waals surface area contributed by atoms with Gasteiger partial charge in [-0.05, 0) is 89.0 Å². The van der Waals surface area contributed by atoms with Crippen LogP contribution in [0.2, 0.25) is 0 Å². The molecule has 4 bridgehead atoms. The van der Waals surface area contributed by atoms with E-state index in [2.05, 4.69) is 15.0 Å². The van der Waals surface area contributed by atoms with Crippen LogP contribution in [0, 0.1) is 11.3 Å². The highest BCUT2D eigenvalue weighted by Crippen LogP contribution is 2.60. The number of rotatable bonds is 6. The second kappa shape index (κ2) is 12.0. The van der Waals surface area contributed by atoms with Crippen LogP contribution in [-0.2, 0) is 19.6 Å². The van der Waals surface area contributed by atoms with E-state index in [0.717, 1.165) is 19.3 Å². The molecule has 15 heteroatoms. The number of carbonyl (C=O) groups is 2. The molecule has 2 saturated heterocycles. The molecule has 3 aliphatic heterocycles. The molecule has 11 nitrogen and oxygen atoms in total. The lowest BCUT2D eigenvalue weighted by Crippen LogP contribution is -2.41. The number of hydrogen-bond donors (Lipinski definition) is 2. The number of sulfonamides is 1. The number of nitrogens with zero attached hydrogens (tertiary/aromatic N) is 4. The Bertz CT molecular complexity index is 1610. The molecule has 46 heavy (non-hydrogen) atoms. The molecule has 250 valence electrons. The minimum atomic E-state index is -4.32. The van der Waals surface area contributed by atoms with E-state index in [1.165, 1.54) is 23.1 Å². The molecule has 0 spiro atoms. The lowest BCUT2D eigenvalue weighted by atomic mass is 9.93. The second-order valence-electron chi connectivity index (χ2n) is 13.4. The minimum absolute atomic E-state index is 0.0179. The molecule has 5 heterocycles. The van der Waals surface area contributed by atoms with E-state index in [4.69, 9.17) is 9.72 Å². The molecule has 3 fully saturated rings. The summed E-state index contributed by atoms with van der Waals surface area (Å²) in [5.41, 5.74) is -1.98. The van der Waals surface area contributed by atoms with Crippen LogP contribution in [0.15, 0.2) is 35.4 Å². The Morgan fingerprint density at radius 1 is 1.09 bits per heavy atom. The van der Waals surface area contributed by atoms with Crippen LogP contribution in [0.25, 0.3) is 0 Å². The van der Waals surface area contributed by atoms with Crippen molar-refractivity contribution in [2.45, 2.75) is 88.1 Å². The summed E-state index contributed by atoms with van der Waals surface area (Å²) in [6, 6.07) is 7.52.